The van der Waals surface area contributed by atoms with Gasteiger partial charge in [-0.15, -0.1) is 0 Å². The van der Waals surface area contributed by atoms with Gasteiger partial charge in [0.25, 0.3) is 0 Å². The van der Waals surface area contributed by atoms with E-state index in [9.17, 15) is 4.79 Å². The highest BCUT2D eigenvalue weighted by Gasteiger charge is 2.19. The van der Waals surface area contributed by atoms with Crippen LogP contribution in [0.2, 0.25) is 0 Å². The third-order valence-electron chi connectivity index (χ3n) is 3.38. The van der Waals surface area contributed by atoms with E-state index in [1.165, 1.54) is 0 Å². The van der Waals surface area contributed by atoms with Gasteiger partial charge >= 0.3 is 0 Å². The summed E-state index contributed by atoms with van der Waals surface area (Å²) in [7, 11) is 0. The lowest BCUT2D eigenvalue weighted by Gasteiger charge is -2.26. The number of thioether (sulfide) groups is 1. The topological polar surface area (TPSA) is 41.1 Å². The second-order valence-corrected chi connectivity index (χ2v) is 7.33. The minimum absolute atomic E-state index is 0.00751. The van der Waals surface area contributed by atoms with Gasteiger partial charge in [0.2, 0.25) is 5.91 Å². The molecule has 0 radical (unpaired) electrons. The first-order chi connectivity index (χ1) is 9.34. The molecular formula is C16H26N2OS. The van der Waals surface area contributed by atoms with Crippen molar-refractivity contribution in [2.45, 2.75) is 44.9 Å². The van der Waals surface area contributed by atoms with Crippen molar-refractivity contribution in [3.05, 3.63) is 29.8 Å². The Morgan fingerprint density at radius 2 is 2.00 bits per heavy atom. The molecule has 1 rings (SSSR count). The Balaban J connectivity index is 2.39. The maximum atomic E-state index is 11.9. The van der Waals surface area contributed by atoms with Crippen molar-refractivity contribution in [2.24, 2.45) is 0 Å². The first-order valence-electron chi connectivity index (χ1n) is 6.98. The highest BCUT2D eigenvalue weighted by molar-refractivity contribution is 7.99. The van der Waals surface area contributed by atoms with Crippen molar-refractivity contribution in [2.75, 3.05) is 18.1 Å². The molecule has 0 saturated carbocycles. The van der Waals surface area contributed by atoms with Gasteiger partial charge in [0.05, 0.1) is 6.54 Å². The average Bonchev–Trinajstić information content (AvgIpc) is 2.39. The zero-order valence-corrected chi connectivity index (χ0v) is 13.9. The molecule has 0 heterocycles. The Morgan fingerprint density at radius 3 is 2.60 bits per heavy atom. The van der Waals surface area contributed by atoms with Crippen LogP contribution in [-0.2, 0) is 4.79 Å². The van der Waals surface area contributed by atoms with Crippen molar-refractivity contribution < 1.29 is 4.79 Å². The molecule has 0 saturated heterocycles. The third kappa shape index (κ3) is 5.97. The number of rotatable bonds is 7. The number of nitrogens with one attached hydrogen (secondary N) is 2. The summed E-state index contributed by atoms with van der Waals surface area (Å²) in [6.45, 7) is 8.91. The molecule has 112 valence electrons. The molecule has 0 aliphatic rings. The second-order valence-electron chi connectivity index (χ2n) is 5.81. The van der Waals surface area contributed by atoms with Crippen LogP contribution >= 0.6 is 11.8 Å². The van der Waals surface area contributed by atoms with Crippen LogP contribution in [-0.4, -0.2) is 29.5 Å². The molecule has 1 aromatic carbocycles. The van der Waals surface area contributed by atoms with E-state index in [2.05, 4.69) is 37.7 Å². The van der Waals surface area contributed by atoms with Crippen molar-refractivity contribution in [3.8, 4) is 0 Å². The van der Waals surface area contributed by atoms with Gasteiger partial charge in [0.1, 0.15) is 0 Å². The normalized spacial score (nSPS) is 13.1. The number of para-hydroxylation sites is 1. The van der Waals surface area contributed by atoms with Crippen molar-refractivity contribution in [1.29, 1.82) is 0 Å². The number of amides is 1. The summed E-state index contributed by atoms with van der Waals surface area (Å²) < 4.78 is 0.235. The molecule has 0 aromatic heterocycles. The first kappa shape index (κ1) is 17.1. The summed E-state index contributed by atoms with van der Waals surface area (Å²) in [6.07, 6.45) is 3.16. The Bertz CT molecular complexity index is 446. The third-order valence-corrected chi connectivity index (χ3v) is 4.65. The number of carbonyl (C=O) groups excluding carboxylic acids is 1. The Morgan fingerprint density at radius 1 is 1.35 bits per heavy atom. The molecule has 1 atom stereocenters. The zero-order chi connectivity index (χ0) is 15.2. The number of anilines is 1. The van der Waals surface area contributed by atoms with Crippen LogP contribution in [0.15, 0.2) is 24.3 Å². The molecule has 0 aliphatic carbocycles. The number of carbonyl (C=O) groups is 1. The lowest BCUT2D eigenvalue weighted by atomic mass is 10.0. The Kier molecular flexibility index (Phi) is 6.56. The van der Waals surface area contributed by atoms with Gasteiger partial charge in [-0.3, -0.25) is 4.79 Å². The Labute approximate surface area is 126 Å². The maximum Gasteiger partial charge on any atom is 0.238 e. The van der Waals surface area contributed by atoms with Gasteiger partial charge in [-0.1, -0.05) is 32.0 Å². The molecular weight excluding hydrogens is 268 g/mol. The molecule has 1 aromatic rings. The largest absolute Gasteiger partial charge is 0.325 e. The van der Waals surface area contributed by atoms with E-state index in [0.717, 1.165) is 17.7 Å². The second kappa shape index (κ2) is 7.70. The fourth-order valence-corrected chi connectivity index (χ4v) is 2.48. The number of benzene rings is 1. The molecule has 4 heteroatoms. The van der Waals surface area contributed by atoms with Crippen LogP contribution in [0.25, 0.3) is 0 Å². The van der Waals surface area contributed by atoms with Crippen LogP contribution in [0.1, 0.15) is 32.8 Å². The summed E-state index contributed by atoms with van der Waals surface area (Å²) in [5, 5.41) is 6.22. The van der Waals surface area contributed by atoms with Gasteiger partial charge in [0.15, 0.2) is 0 Å². The molecule has 0 aliphatic heterocycles. The first-order valence-corrected chi connectivity index (χ1v) is 8.20. The highest BCUT2D eigenvalue weighted by atomic mass is 32.2. The van der Waals surface area contributed by atoms with Crippen molar-refractivity contribution >= 4 is 23.4 Å². The number of hydrogen-bond acceptors (Lipinski definition) is 3. The van der Waals surface area contributed by atoms with Crippen LogP contribution in [0.4, 0.5) is 5.69 Å². The van der Waals surface area contributed by atoms with E-state index in [4.69, 9.17) is 0 Å². The van der Waals surface area contributed by atoms with Gasteiger partial charge < -0.3 is 10.6 Å². The minimum atomic E-state index is 0.00751. The van der Waals surface area contributed by atoms with E-state index in [-0.39, 0.29) is 10.7 Å². The molecule has 0 spiro atoms. The molecule has 0 fully saturated rings. The van der Waals surface area contributed by atoms with Crippen LogP contribution in [0, 0.1) is 6.92 Å². The predicted octanol–water partition coefficient (Wildman–Crippen LogP) is 3.44. The van der Waals surface area contributed by atoms with Crippen LogP contribution in [0.5, 0.6) is 0 Å². The summed E-state index contributed by atoms with van der Waals surface area (Å²) in [5.74, 6) is 0.00751. The monoisotopic (exact) mass is 294 g/mol. The van der Waals surface area contributed by atoms with E-state index in [1.54, 1.807) is 0 Å². The van der Waals surface area contributed by atoms with Crippen molar-refractivity contribution in [3.63, 3.8) is 0 Å². The minimum Gasteiger partial charge on any atom is -0.325 e. The highest BCUT2D eigenvalue weighted by Crippen LogP contribution is 2.26. The summed E-state index contributed by atoms with van der Waals surface area (Å²) in [4.78, 5) is 11.9. The average molecular weight is 294 g/mol. The van der Waals surface area contributed by atoms with E-state index in [0.29, 0.717) is 12.6 Å². The molecule has 0 bridgehead atoms. The fraction of sp³-hybridized carbons (Fsp3) is 0.562. The molecule has 20 heavy (non-hydrogen) atoms. The van der Waals surface area contributed by atoms with Crippen LogP contribution < -0.4 is 10.6 Å². The summed E-state index contributed by atoms with van der Waals surface area (Å²) >= 11 is 1.85. The number of hydrogen-bond donors (Lipinski definition) is 2. The quantitative estimate of drug-likeness (QED) is 0.809. The molecule has 0 unspecified atom stereocenters. The lowest BCUT2D eigenvalue weighted by molar-refractivity contribution is -0.115. The van der Waals surface area contributed by atoms with Crippen LogP contribution in [0.3, 0.4) is 0 Å². The number of aryl methyl sites for hydroxylation is 1. The summed E-state index contributed by atoms with van der Waals surface area (Å²) in [6, 6.07) is 8.13. The molecule has 1 amide bonds. The van der Waals surface area contributed by atoms with Gasteiger partial charge in [0, 0.05) is 16.5 Å². The van der Waals surface area contributed by atoms with Gasteiger partial charge in [-0.25, -0.2) is 0 Å². The SMILES string of the molecule is CSC(C)(C)C[C@H](C)NCC(=O)Nc1ccccc1C. The van der Waals surface area contributed by atoms with E-state index < -0.39 is 0 Å². The smallest absolute Gasteiger partial charge is 0.238 e. The fourth-order valence-electron chi connectivity index (χ4n) is 2.07. The van der Waals surface area contributed by atoms with Gasteiger partial charge in [-0.05, 0) is 38.2 Å². The lowest BCUT2D eigenvalue weighted by Crippen LogP contribution is -2.37. The maximum absolute atomic E-state index is 11.9. The summed E-state index contributed by atoms with van der Waals surface area (Å²) in [5.41, 5.74) is 1.97. The molecule has 2 N–H and O–H groups in total. The zero-order valence-electron chi connectivity index (χ0n) is 13.1. The molecule has 3 nitrogen and oxygen atoms in total. The van der Waals surface area contributed by atoms with E-state index >= 15 is 0 Å². The Hall–Kier alpha value is -1.00. The van der Waals surface area contributed by atoms with E-state index in [1.807, 2.05) is 43.0 Å². The standard InChI is InChI=1S/C16H26N2OS/c1-12-8-6-7-9-14(12)18-15(19)11-17-13(2)10-16(3,4)20-5/h6-9,13,17H,10-11H2,1-5H3,(H,18,19)/t13-/m0/s1. The van der Waals surface area contributed by atoms with Crippen molar-refractivity contribution in [1.82, 2.24) is 5.32 Å². The predicted molar refractivity (Wildman–Crippen MR) is 89.5 cm³/mol. The van der Waals surface area contributed by atoms with Gasteiger partial charge in [-0.2, -0.15) is 11.8 Å².